The zero-order chi connectivity index (χ0) is 21.0. The van der Waals surface area contributed by atoms with E-state index in [4.69, 9.17) is 9.47 Å². The molecule has 2 heterocycles. The molecule has 0 aliphatic rings. The van der Waals surface area contributed by atoms with Crippen LogP contribution in [0.25, 0.3) is 17.5 Å². The maximum Gasteiger partial charge on any atom is 0.342 e. The van der Waals surface area contributed by atoms with Gasteiger partial charge < -0.3 is 19.1 Å². The first kappa shape index (κ1) is 20.9. The summed E-state index contributed by atoms with van der Waals surface area (Å²) in [6.45, 7) is 4.49. The summed E-state index contributed by atoms with van der Waals surface area (Å²) in [6, 6.07) is 7.43. The van der Waals surface area contributed by atoms with Crippen molar-refractivity contribution in [1.29, 1.82) is 0 Å². The number of hydrogen-bond donors (Lipinski definition) is 1. The van der Waals surface area contributed by atoms with E-state index in [-0.39, 0.29) is 4.91 Å². The van der Waals surface area contributed by atoms with Gasteiger partial charge in [0.25, 0.3) is 0 Å². The van der Waals surface area contributed by atoms with Crippen LogP contribution in [0, 0.1) is 6.92 Å². The van der Waals surface area contributed by atoms with Crippen LogP contribution in [0.2, 0.25) is 0 Å². The number of thiophene rings is 1. The summed E-state index contributed by atoms with van der Waals surface area (Å²) < 4.78 is 12.5. The van der Waals surface area contributed by atoms with Crippen molar-refractivity contribution < 1.29 is 19.4 Å². The third-order valence-electron chi connectivity index (χ3n) is 4.22. The summed E-state index contributed by atoms with van der Waals surface area (Å²) in [7, 11) is 3.17. The number of ether oxygens (including phenoxy) is 2. The van der Waals surface area contributed by atoms with Crippen molar-refractivity contribution >= 4 is 35.1 Å². The number of methoxy groups -OCH3 is 2. The molecule has 7 nitrogen and oxygen atoms in total. The molecule has 1 N–H and O–H groups in total. The Bertz CT molecular complexity index is 1030. The number of aromatic nitrogens is 3. The minimum absolute atomic E-state index is 0.187. The van der Waals surface area contributed by atoms with Crippen molar-refractivity contribution in [3.05, 3.63) is 45.0 Å². The summed E-state index contributed by atoms with van der Waals surface area (Å²) in [5, 5.41) is 20.7. The number of carboxylic acids is 1. The summed E-state index contributed by atoms with van der Waals surface area (Å²) >= 11 is 2.59. The van der Waals surface area contributed by atoms with E-state index < -0.39 is 5.97 Å². The van der Waals surface area contributed by atoms with Crippen molar-refractivity contribution in [3.8, 4) is 22.9 Å². The molecule has 2 aromatic heterocycles. The van der Waals surface area contributed by atoms with Gasteiger partial charge in [-0.3, -0.25) is 0 Å². The van der Waals surface area contributed by atoms with Gasteiger partial charge in [-0.05, 0) is 60.8 Å². The van der Waals surface area contributed by atoms with Gasteiger partial charge >= 0.3 is 5.97 Å². The van der Waals surface area contributed by atoms with E-state index in [0.29, 0.717) is 29.0 Å². The maximum absolute atomic E-state index is 11.8. The van der Waals surface area contributed by atoms with E-state index in [2.05, 4.69) is 10.2 Å². The Morgan fingerprint density at radius 3 is 2.45 bits per heavy atom. The molecule has 0 amide bonds. The zero-order valence-corrected chi connectivity index (χ0v) is 18.1. The highest BCUT2D eigenvalue weighted by Gasteiger charge is 2.19. The first-order chi connectivity index (χ1) is 14.0. The number of nitrogens with zero attached hydrogens (tertiary/aromatic N) is 3. The Morgan fingerprint density at radius 2 is 1.93 bits per heavy atom. The van der Waals surface area contributed by atoms with Crippen molar-refractivity contribution in [2.45, 2.75) is 25.5 Å². The molecule has 0 unspecified atom stereocenters. The Hall–Kier alpha value is -2.78. The van der Waals surface area contributed by atoms with Crippen LogP contribution in [-0.4, -0.2) is 40.1 Å². The van der Waals surface area contributed by atoms with E-state index >= 15 is 0 Å². The second kappa shape index (κ2) is 9.15. The number of thioether (sulfide) groups is 1. The standard InChI is InChI=1S/C20H21N3O4S2/c1-5-23-18(13-8-14(26-3)10-15(9-13)27-4)21-22-20(23)29-17(19(24)25)11-16-12(2)6-7-28-16/h6-11H,5H2,1-4H3,(H,24,25)/b17-11-. The van der Waals surface area contributed by atoms with Crippen molar-refractivity contribution in [2.75, 3.05) is 14.2 Å². The molecule has 0 atom stereocenters. The molecule has 0 radical (unpaired) electrons. The maximum atomic E-state index is 11.8. The largest absolute Gasteiger partial charge is 0.497 e. The van der Waals surface area contributed by atoms with Gasteiger partial charge in [0.05, 0.1) is 14.2 Å². The third kappa shape index (κ3) is 4.63. The first-order valence-corrected chi connectivity index (χ1v) is 10.5. The van der Waals surface area contributed by atoms with Gasteiger partial charge in [-0.25, -0.2) is 4.79 Å². The van der Waals surface area contributed by atoms with E-state index in [1.54, 1.807) is 26.4 Å². The van der Waals surface area contributed by atoms with E-state index in [1.165, 1.54) is 11.3 Å². The number of hydrogen-bond acceptors (Lipinski definition) is 7. The first-order valence-electron chi connectivity index (χ1n) is 8.80. The highest BCUT2D eigenvalue weighted by molar-refractivity contribution is 8.04. The normalized spacial score (nSPS) is 11.5. The van der Waals surface area contributed by atoms with Crippen molar-refractivity contribution in [3.63, 3.8) is 0 Å². The van der Waals surface area contributed by atoms with E-state index in [9.17, 15) is 9.90 Å². The molecule has 0 saturated heterocycles. The number of rotatable bonds is 8. The Labute approximate surface area is 177 Å². The minimum Gasteiger partial charge on any atom is -0.497 e. The van der Waals surface area contributed by atoms with Crippen LogP contribution in [-0.2, 0) is 11.3 Å². The predicted octanol–water partition coefficient (Wildman–Crippen LogP) is 4.57. The van der Waals surface area contributed by atoms with Gasteiger partial charge in [0, 0.05) is 23.1 Å². The number of carboxylic acid groups (broad SMARTS) is 1. The molecule has 0 bridgehead atoms. The van der Waals surface area contributed by atoms with Crippen molar-refractivity contribution in [1.82, 2.24) is 14.8 Å². The van der Waals surface area contributed by atoms with E-state index in [1.807, 2.05) is 42.0 Å². The Morgan fingerprint density at radius 1 is 1.24 bits per heavy atom. The highest BCUT2D eigenvalue weighted by atomic mass is 32.2. The fourth-order valence-corrected chi connectivity index (χ4v) is 4.49. The Balaban J connectivity index is 2.00. The van der Waals surface area contributed by atoms with Gasteiger partial charge in [-0.15, -0.1) is 21.5 Å². The molecule has 9 heteroatoms. The van der Waals surface area contributed by atoms with Crippen LogP contribution in [0.5, 0.6) is 11.5 Å². The van der Waals surface area contributed by atoms with Gasteiger partial charge in [0.15, 0.2) is 11.0 Å². The fraction of sp³-hybridized carbons (Fsp3) is 0.250. The minimum atomic E-state index is -1.00. The second-order valence-corrected chi connectivity index (χ2v) is 7.99. The molecule has 152 valence electrons. The molecular formula is C20H21N3O4S2. The van der Waals surface area contributed by atoms with Gasteiger partial charge in [-0.1, -0.05) is 0 Å². The van der Waals surface area contributed by atoms with Crippen LogP contribution in [0.3, 0.4) is 0 Å². The highest BCUT2D eigenvalue weighted by Crippen LogP contribution is 2.34. The third-order valence-corrected chi connectivity index (χ3v) is 6.18. The average Bonchev–Trinajstić information content (AvgIpc) is 3.32. The van der Waals surface area contributed by atoms with E-state index in [0.717, 1.165) is 27.8 Å². The molecule has 1 aromatic carbocycles. The molecule has 0 spiro atoms. The molecule has 29 heavy (non-hydrogen) atoms. The van der Waals surface area contributed by atoms with Gasteiger partial charge in [0.2, 0.25) is 0 Å². The number of benzene rings is 1. The number of aryl methyl sites for hydroxylation is 1. The molecule has 3 aromatic rings. The number of carbonyl (C=O) groups is 1. The lowest BCUT2D eigenvalue weighted by Crippen LogP contribution is -2.03. The lowest BCUT2D eigenvalue weighted by Gasteiger charge is -2.10. The number of aliphatic carboxylic acids is 1. The van der Waals surface area contributed by atoms with Crippen LogP contribution in [0.1, 0.15) is 17.4 Å². The summed E-state index contributed by atoms with van der Waals surface area (Å²) in [5.74, 6) is 0.888. The quantitative estimate of drug-likeness (QED) is 0.413. The summed E-state index contributed by atoms with van der Waals surface area (Å²) in [5.41, 5.74) is 1.81. The van der Waals surface area contributed by atoms with Crippen molar-refractivity contribution in [2.24, 2.45) is 0 Å². The Kier molecular flexibility index (Phi) is 6.60. The van der Waals surface area contributed by atoms with Gasteiger partial charge in [-0.2, -0.15) is 0 Å². The second-order valence-electron chi connectivity index (χ2n) is 6.04. The van der Waals surface area contributed by atoms with Crippen LogP contribution in [0.15, 0.2) is 39.7 Å². The SMILES string of the molecule is CCn1c(S/C(=C\c2sccc2C)C(=O)O)nnc1-c1cc(OC)cc(OC)c1. The topological polar surface area (TPSA) is 86.5 Å². The van der Waals surface area contributed by atoms with Crippen LogP contribution >= 0.6 is 23.1 Å². The molecule has 0 fully saturated rings. The molecule has 0 saturated carbocycles. The van der Waals surface area contributed by atoms with Crippen LogP contribution in [0.4, 0.5) is 0 Å². The lowest BCUT2D eigenvalue weighted by molar-refractivity contribution is -0.131. The van der Waals surface area contributed by atoms with Gasteiger partial charge in [0.1, 0.15) is 16.4 Å². The lowest BCUT2D eigenvalue weighted by atomic mass is 10.2. The fourth-order valence-electron chi connectivity index (χ4n) is 2.68. The van der Waals surface area contributed by atoms with Crippen LogP contribution < -0.4 is 9.47 Å². The molecular weight excluding hydrogens is 410 g/mol. The average molecular weight is 432 g/mol. The molecule has 3 rings (SSSR count). The zero-order valence-electron chi connectivity index (χ0n) is 16.5. The smallest absolute Gasteiger partial charge is 0.342 e. The summed E-state index contributed by atoms with van der Waals surface area (Å²) in [4.78, 5) is 12.9. The summed E-state index contributed by atoms with van der Waals surface area (Å²) in [6.07, 6.45) is 1.68. The molecule has 0 aliphatic heterocycles. The predicted molar refractivity (Wildman–Crippen MR) is 115 cm³/mol. The monoisotopic (exact) mass is 431 g/mol. The molecule has 0 aliphatic carbocycles.